The van der Waals surface area contributed by atoms with E-state index in [2.05, 4.69) is 5.43 Å². The number of rotatable bonds is 5. The van der Waals surface area contributed by atoms with E-state index in [1.807, 2.05) is 40.3 Å². The molecule has 168 valence electrons. The summed E-state index contributed by atoms with van der Waals surface area (Å²) in [7, 11) is 1.65. The van der Waals surface area contributed by atoms with Gasteiger partial charge >= 0.3 is 0 Å². The average Bonchev–Trinajstić information content (AvgIpc) is 3.51. The molecule has 3 aliphatic rings. The van der Waals surface area contributed by atoms with Gasteiger partial charge in [0.2, 0.25) is 0 Å². The lowest BCUT2D eigenvalue weighted by Crippen LogP contribution is -2.49. The smallest absolute Gasteiger partial charge is 0.282 e. The standard InChI is InChI=1S/C24H26Cl2N4O2/c1-32-18-8-5-16(6-9-18)22-24(11-12-24)21(23(31)28-29-13-3-2-4-14-29)27-30(22)20-10-7-17(25)15-19(20)26/h5-10,15,22H,2-4,11-14H2,1H3,(H,28,31). The third-order valence-electron chi connectivity index (χ3n) is 6.65. The molecule has 2 aliphatic heterocycles. The minimum atomic E-state index is -0.336. The van der Waals surface area contributed by atoms with Crippen LogP contribution < -0.4 is 15.2 Å². The van der Waals surface area contributed by atoms with E-state index in [1.165, 1.54) is 6.42 Å². The number of ether oxygens (including phenoxy) is 1. The van der Waals surface area contributed by atoms with Gasteiger partial charge in [-0.25, -0.2) is 5.01 Å². The van der Waals surface area contributed by atoms with Crippen molar-refractivity contribution < 1.29 is 9.53 Å². The van der Waals surface area contributed by atoms with Crippen LogP contribution in [0, 0.1) is 5.41 Å². The minimum absolute atomic E-state index is 0.115. The molecule has 1 aliphatic carbocycles. The Labute approximate surface area is 198 Å². The largest absolute Gasteiger partial charge is 0.497 e. The molecule has 1 saturated heterocycles. The Kier molecular flexibility index (Phi) is 5.78. The zero-order chi connectivity index (χ0) is 22.3. The maximum atomic E-state index is 13.4. The molecule has 8 heteroatoms. The van der Waals surface area contributed by atoms with E-state index < -0.39 is 0 Å². The normalized spacial score (nSPS) is 22.0. The van der Waals surface area contributed by atoms with E-state index in [1.54, 1.807) is 19.2 Å². The summed E-state index contributed by atoms with van der Waals surface area (Å²) in [6.07, 6.45) is 5.20. The van der Waals surface area contributed by atoms with Crippen molar-refractivity contribution in [2.45, 2.75) is 38.1 Å². The number of halogens is 2. The number of hydrazone groups is 1. The third-order valence-corrected chi connectivity index (χ3v) is 7.19. The summed E-state index contributed by atoms with van der Waals surface area (Å²) < 4.78 is 5.34. The van der Waals surface area contributed by atoms with Crippen molar-refractivity contribution in [2.24, 2.45) is 10.5 Å². The second-order valence-electron chi connectivity index (χ2n) is 8.71. The SMILES string of the molecule is COc1ccc(C2N(c3ccc(Cl)cc3Cl)N=C(C(=O)NN3CCCCC3)C23CC3)cc1. The molecule has 2 heterocycles. The lowest BCUT2D eigenvalue weighted by Gasteiger charge is -2.30. The number of carbonyl (C=O) groups is 1. The van der Waals surface area contributed by atoms with Gasteiger partial charge in [0, 0.05) is 23.5 Å². The fourth-order valence-corrected chi connectivity index (χ4v) is 5.35. The highest BCUT2D eigenvalue weighted by Crippen LogP contribution is 2.62. The van der Waals surface area contributed by atoms with Crippen LogP contribution in [0.1, 0.15) is 43.7 Å². The molecule has 2 aromatic rings. The van der Waals surface area contributed by atoms with Gasteiger partial charge in [-0.3, -0.25) is 15.2 Å². The lowest BCUT2D eigenvalue weighted by atomic mass is 9.86. The molecule has 1 amide bonds. The molecule has 0 radical (unpaired) electrons. The van der Waals surface area contributed by atoms with Gasteiger partial charge in [-0.15, -0.1) is 0 Å². The Morgan fingerprint density at radius 1 is 1.09 bits per heavy atom. The number of hydrazine groups is 1. The van der Waals surface area contributed by atoms with E-state index in [9.17, 15) is 4.79 Å². The van der Waals surface area contributed by atoms with E-state index in [4.69, 9.17) is 33.0 Å². The van der Waals surface area contributed by atoms with E-state index in [0.717, 1.165) is 55.8 Å². The highest BCUT2D eigenvalue weighted by atomic mass is 35.5. The zero-order valence-corrected chi connectivity index (χ0v) is 19.5. The number of methoxy groups -OCH3 is 1. The van der Waals surface area contributed by atoms with E-state index in [-0.39, 0.29) is 17.4 Å². The summed E-state index contributed by atoms with van der Waals surface area (Å²) in [6.45, 7) is 1.75. The molecule has 1 spiro atoms. The van der Waals surface area contributed by atoms with Crippen molar-refractivity contribution in [3.05, 3.63) is 58.1 Å². The molecular weight excluding hydrogens is 447 g/mol. The van der Waals surface area contributed by atoms with Gasteiger partial charge in [-0.05, 0) is 61.6 Å². The second kappa shape index (κ2) is 8.58. The third kappa shape index (κ3) is 3.85. The molecule has 32 heavy (non-hydrogen) atoms. The Balaban J connectivity index is 1.53. The molecule has 2 aromatic carbocycles. The van der Waals surface area contributed by atoms with Crippen LogP contribution >= 0.6 is 23.2 Å². The molecule has 1 saturated carbocycles. The van der Waals surface area contributed by atoms with Gasteiger partial charge < -0.3 is 4.74 Å². The van der Waals surface area contributed by atoms with Crippen LogP contribution in [-0.2, 0) is 4.79 Å². The quantitative estimate of drug-likeness (QED) is 0.648. The van der Waals surface area contributed by atoms with Gasteiger partial charge in [-0.2, -0.15) is 5.10 Å². The summed E-state index contributed by atoms with van der Waals surface area (Å²) in [4.78, 5) is 13.4. The number of benzene rings is 2. The maximum absolute atomic E-state index is 13.4. The number of hydrogen-bond acceptors (Lipinski definition) is 5. The molecule has 5 rings (SSSR count). The average molecular weight is 473 g/mol. The van der Waals surface area contributed by atoms with Crippen molar-refractivity contribution in [1.82, 2.24) is 10.4 Å². The number of nitrogens with one attached hydrogen (secondary N) is 1. The first-order valence-electron chi connectivity index (χ1n) is 11.0. The molecule has 1 atom stereocenters. The van der Waals surface area contributed by atoms with Gasteiger partial charge in [0.1, 0.15) is 11.5 Å². The number of nitrogens with zero attached hydrogens (tertiary/aromatic N) is 3. The summed E-state index contributed by atoms with van der Waals surface area (Å²) >= 11 is 12.7. The molecule has 0 bridgehead atoms. The maximum Gasteiger partial charge on any atom is 0.282 e. The number of piperidine rings is 1. The molecular formula is C24H26Cl2N4O2. The second-order valence-corrected chi connectivity index (χ2v) is 9.55. The fraction of sp³-hybridized carbons (Fsp3) is 0.417. The lowest BCUT2D eigenvalue weighted by molar-refractivity contribution is -0.120. The number of hydrogen-bond donors (Lipinski definition) is 1. The number of anilines is 1. The molecule has 1 unspecified atom stereocenters. The van der Waals surface area contributed by atoms with Crippen LogP contribution in [0.15, 0.2) is 47.6 Å². The molecule has 1 N–H and O–H groups in total. The predicted octanol–water partition coefficient (Wildman–Crippen LogP) is 5.22. The highest BCUT2D eigenvalue weighted by Gasteiger charge is 2.62. The monoisotopic (exact) mass is 472 g/mol. The van der Waals surface area contributed by atoms with E-state index >= 15 is 0 Å². The first-order valence-corrected chi connectivity index (χ1v) is 11.8. The molecule has 0 aromatic heterocycles. The molecule has 2 fully saturated rings. The van der Waals surface area contributed by atoms with Crippen LogP contribution in [0.3, 0.4) is 0 Å². The Bertz CT molecular complexity index is 1050. The van der Waals surface area contributed by atoms with Gasteiger partial charge in [0.15, 0.2) is 0 Å². The first-order chi connectivity index (χ1) is 15.5. The highest BCUT2D eigenvalue weighted by molar-refractivity contribution is 6.43. The van der Waals surface area contributed by atoms with E-state index in [0.29, 0.717) is 15.8 Å². The summed E-state index contributed by atoms with van der Waals surface area (Å²) in [5.74, 6) is 0.673. The van der Waals surface area contributed by atoms with Crippen LogP contribution in [0.4, 0.5) is 5.69 Å². The van der Waals surface area contributed by atoms with Crippen LogP contribution in [0.5, 0.6) is 5.75 Å². The number of carbonyl (C=O) groups excluding carboxylic acids is 1. The van der Waals surface area contributed by atoms with Crippen molar-refractivity contribution in [1.29, 1.82) is 0 Å². The zero-order valence-electron chi connectivity index (χ0n) is 18.0. The van der Waals surface area contributed by atoms with Crippen molar-refractivity contribution in [3.63, 3.8) is 0 Å². The topological polar surface area (TPSA) is 57.2 Å². The van der Waals surface area contributed by atoms with Gasteiger partial charge in [0.25, 0.3) is 5.91 Å². The first kappa shape index (κ1) is 21.6. The number of amides is 1. The predicted molar refractivity (Wildman–Crippen MR) is 127 cm³/mol. The minimum Gasteiger partial charge on any atom is -0.497 e. The molecule has 6 nitrogen and oxygen atoms in total. The Hall–Kier alpha value is -2.28. The Morgan fingerprint density at radius 3 is 2.44 bits per heavy atom. The van der Waals surface area contributed by atoms with Gasteiger partial charge in [-0.1, -0.05) is 41.8 Å². The van der Waals surface area contributed by atoms with Crippen LogP contribution in [0.2, 0.25) is 10.0 Å². The Morgan fingerprint density at radius 2 is 1.81 bits per heavy atom. The summed E-state index contributed by atoms with van der Waals surface area (Å²) in [6, 6.07) is 13.2. The van der Waals surface area contributed by atoms with Crippen LogP contribution in [-0.4, -0.2) is 36.8 Å². The van der Waals surface area contributed by atoms with Crippen molar-refractivity contribution >= 4 is 40.5 Å². The van der Waals surface area contributed by atoms with Crippen molar-refractivity contribution in [2.75, 3.05) is 25.2 Å². The fourth-order valence-electron chi connectivity index (χ4n) is 4.85. The van der Waals surface area contributed by atoms with Gasteiger partial charge in [0.05, 0.1) is 23.9 Å². The summed E-state index contributed by atoms with van der Waals surface area (Å²) in [5.41, 5.74) is 5.16. The van der Waals surface area contributed by atoms with Crippen LogP contribution in [0.25, 0.3) is 0 Å². The summed E-state index contributed by atoms with van der Waals surface area (Å²) in [5, 5.41) is 9.87. The van der Waals surface area contributed by atoms with Crippen molar-refractivity contribution in [3.8, 4) is 5.75 Å².